The zero-order valence-corrected chi connectivity index (χ0v) is 13.5. The summed E-state index contributed by atoms with van der Waals surface area (Å²) < 4.78 is 37.1. The summed E-state index contributed by atoms with van der Waals surface area (Å²) in [5.41, 5.74) is -0.480. The second-order valence-corrected chi connectivity index (χ2v) is 7.37. The molecule has 7 heteroatoms. The van der Waals surface area contributed by atoms with Crippen molar-refractivity contribution in [3.05, 3.63) is 58.6 Å². The van der Waals surface area contributed by atoms with Crippen molar-refractivity contribution in [2.45, 2.75) is 24.3 Å². The highest BCUT2D eigenvalue weighted by molar-refractivity contribution is 7.89. The number of ether oxygens (including phenoxy) is 1. The van der Waals surface area contributed by atoms with Crippen LogP contribution < -0.4 is 10.4 Å². The Morgan fingerprint density at radius 1 is 1.22 bits per heavy atom. The molecule has 0 spiro atoms. The molecule has 1 atom stereocenters. The van der Waals surface area contributed by atoms with Gasteiger partial charge in [0, 0.05) is 12.6 Å². The van der Waals surface area contributed by atoms with E-state index >= 15 is 0 Å². The third-order valence-electron chi connectivity index (χ3n) is 3.66. The van der Waals surface area contributed by atoms with Gasteiger partial charge in [-0.3, -0.25) is 0 Å². The van der Waals surface area contributed by atoms with Gasteiger partial charge in [0.15, 0.2) is 0 Å². The van der Waals surface area contributed by atoms with E-state index in [4.69, 9.17) is 9.15 Å². The lowest BCUT2D eigenvalue weighted by Gasteiger charge is -2.17. The molecule has 6 nitrogen and oxygen atoms in total. The number of benzene rings is 1. The Morgan fingerprint density at radius 3 is 2.65 bits per heavy atom. The van der Waals surface area contributed by atoms with Gasteiger partial charge in [-0.1, -0.05) is 18.2 Å². The number of hydrogen-bond donors (Lipinski definition) is 0. The van der Waals surface area contributed by atoms with E-state index in [2.05, 4.69) is 0 Å². The molecule has 122 valence electrons. The highest BCUT2D eigenvalue weighted by atomic mass is 32.2. The molecule has 1 unspecified atom stereocenters. The standard InChI is InChI=1S/C16H17NO5S/c1-12-9-14(10-16(18)21-12)22-13-7-8-17(11-13)23(19,20)15-5-3-2-4-6-15/h2-6,9-10,13H,7-8,11H2,1H3. The van der Waals surface area contributed by atoms with E-state index in [0.29, 0.717) is 24.5 Å². The van der Waals surface area contributed by atoms with Crippen LogP contribution in [0.4, 0.5) is 0 Å². The van der Waals surface area contributed by atoms with Gasteiger partial charge in [0.2, 0.25) is 10.0 Å². The molecule has 2 aromatic rings. The van der Waals surface area contributed by atoms with Crippen LogP contribution >= 0.6 is 0 Å². The molecule has 1 aliphatic heterocycles. The Hall–Kier alpha value is -2.12. The third-order valence-corrected chi connectivity index (χ3v) is 5.54. The predicted octanol–water partition coefficient (Wildman–Crippen LogP) is 1.79. The van der Waals surface area contributed by atoms with E-state index in [1.165, 1.54) is 10.4 Å². The van der Waals surface area contributed by atoms with Crippen molar-refractivity contribution in [1.82, 2.24) is 4.31 Å². The molecule has 1 aromatic carbocycles. The molecule has 1 fully saturated rings. The van der Waals surface area contributed by atoms with Crippen LogP contribution in [0.1, 0.15) is 12.2 Å². The van der Waals surface area contributed by atoms with Crippen molar-refractivity contribution in [2.75, 3.05) is 13.1 Å². The quantitative estimate of drug-likeness (QED) is 0.851. The molecule has 3 rings (SSSR count). The summed E-state index contributed by atoms with van der Waals surface area (Å²) in [6, 6.07) is 11.2. The summed E-state index contributed by atoms with van der Waals surface area (Å²) in [6.07, 6.45) is 0.292. The molecular formula is C16H17NO5S. The lowest BCUT2D eigenvalue weighted by molar-refractivity contribution is 0.213. The summed E-state index contributed by atoms with van der Waals surface area (Å²) in [4.78, 5) is 11.6. The summed E-state index contributed by atoms with van der Waals surface area (Å²) in [5, 5.41) is 0. The maximum absolute atomic E-state index is 12.5. The van der Waals surface area contributed by atoms with E-state index in [-0.39, 0.29) is 17.5 Å². The van der Waals surface area contributed by atoms with Crippen molar-refractivity contribution in [1.29, 1.82) is 0 Å². The molecule has 0 radical (unpaired) electrons. The summed E-state index contributed by atoms with van der Waals surface area (Å²) >= 11 is 0. The van der Waals surface area contributed by atoms with Crippen LogP contribution in [0, 0.1) is 6.92 Å². The average molecular weight is 335 g/mol. The number of sulfonamides is 1. The number of hydrogen-bond acceptors (Lipinski definition) is 5. The van der Waals surface area contributed by atoms with Gasteiger partial charge < -0.3 is 9.15 Å². The summed E-state index contributed by atoms with van der Waals surface area (Å²) in [6.45, 7) is 2.31. The van der Waals surface area contributed by atoms with E-state index in [9.17, 15) is 13.2 Å². The molecule has 1 aromatic heterocycles. The van der Waals surface area contributed by atoms with Gasteiger partial charge in [0.05, 0.1) is 17.5 Å². The number of nitrogens with zero attached hydrogens (tertiary/aromatic N) is 1. The van der Waals surface area contributed by atoms with Crippen molar-refractivity contribution in [3.63, 3.8) is 0 Å². The molecule has 2 heterocycles. The second kappa shape index (κ2) is 6.17. The van der Waals surface area contributed by atoms with Crippen LogP contribution in [0.2, 0.25) is 0 Å². The monoisotopic (exact) mass is 335 g/mol. The van der Waals surface area contributed by atoms with E-state index < -0.39 is 15.6 Å². The van der Waals surface area contributed by atoms with Crippen LogP contribution in [0.5, 0.6) is 5.75 Å². The summed E-state index contributed by atoms with van der Waals surface area (Å²) in [7, 11) is -3.51. The minimum absolute atomic E-state index is 0.260. The van der Waals surface area contributed by atoms with Crippen molar-refractivity contribution >= 4 is 10.0 Å². The smallest absolute Gasteiger partial charge is 0.339 e. The second-order valence-electron chi connectivity index (χ2n) is 5.43. The van der Waals surface area contributed by atoms with Gasteiger partial charge in [0.25, 0.3) is 0 Å². The Balaban J connectivity index is 1.72. The van der Waals surface area contributed by atoms with Crippen molar-refractivity contribution < 1.29 is 17.6 Å². The molecule has 0 saturated carbocycles. The largest absolute Gasteiger partial charge is 0.489 e. The minimum Gasteiger partial charge on any atom is -0.489 e. The number of aryl methyl sites for hydroxylation is 1. The zero-order valence-electron chi connectivity index (χ0n) is 12.6. The Kier molecular flexibility index (Phi) is 4.23. The average Bonchev–Trinajstić information content (AvgIpc) is 2.96. The van der Waals surface area contributed by atoms with Gasteiger partial charge in [-0.2, -0.15) is 4.31 Å². The van der Waals surface area contributed by atoms with Gasteiger partial charge in [-0.25, -0.2) is 13.2 Å². The molecule has 0 N–H and O–H groups in total. The lowest BCUT2D eigenvalue weighted by atomic mass is 10.3. The van der Waals surface area contributed by atoms with Crippen LogP contribution in [-0.2, 0) is 10.0 Å². The first kappa shape index (κ1) is 15.8. The fraction of sp³-hybridized carbons (Fsp3) is 0.312. The van der Waals surface area contributed by atoms with Gasteiger partial charge in [-0.05, 0) is 25.5 Å². The van der Waals surface area contributed by atoms with Crippen LogP contribution in [-0.4, -0.2) is 31.9 Å². The molecule has 0 bridgehead atoms. The maximum atomic E-state index is 12.5. The van der Waals surface area contributed by atoms with Crippen LogP contribution in [0.15, 0.2) is 56.6 Å². The SMILES string of the molecule is Cc1cc(OC2CCN(S(=O)(=O)c3ccccc3)C2)cc(=O)o1. The van der Waals surface area contributed by atoms with Gasteiger partial charge >= 0.3 is 5.63 Å². The third kappa shape index (κ3) is 3.46. The minimum atomic E-state index is -3.51. The molecule has 0 amide bonds. The van der Waals surface area contributed by atoms with Gasteiger partial charge in [0.1, 0.15) is 17.6 Å². The van der Waals surface area contributed by atoms with Gasteiger partial charge in [-0.15, -0.1) is 0 Å². The molecule has 1 saturated heterocycles. The molecule has 0 aliphatic carbocycles. The van der Waals surface area contributed by atoms with Crippen LogP contribution in [0.25, 0.3) is 0 Å². The number of rotatable bonds is 4. The first-order chi connectivity index (χ1) is 10.9. The Morgan fingerprint density at radius 2 is 1.96 bits per heavy atom. The van der Waals surface area contributed by atoms with E-state index in [1.54, 1.807) is 43.3 Å². The molecule has 1 aliphatic rings. The first-order valence-electron chi connectivity index (χ1n) is 7.29. The fourth-order valence-corrected chi connectivity index (χ4v) is 4.10. The van der Waals surface area contributed by atoms with Crippen LogP contribution in [0.3, 0.4) is 0 Å². The Bertz CT molecular complexity index is 844. The normalized spacial score (nSPS) is 18.9. The summed E-state index contributed by atoms with van der Waals surface area (Å²) in [5.74, 6) is 0.863. The fourth-order valence-electron chi connectivity index (χ4n) is 2.59. The van der Waals surface area contributed by atoms with E-state index in [1.807, 2.05) is 0 Å². The zero-order chi connectivity index (χ0) is 16.4. The highest BCUT2D eigenvalue weighted by Crippen LogP contribution is 2.23. The molecule has 23 heavy (non-hydrogen) atoms. The van der Waals surface area contributed by atoms with Crippen molar-refractivity contribution in [2.24, 2.45) is 0 Å². The van der Waals surface area contributed by atoms with E-state index in [0.717, 1.165) is 0 Å². The lowest BCUT2D eigenvalue weighted by Crippen LogP contribution is -2.31. The highest BCUT2D eigenvalue weighted by Gasteiger charge is 2.33. The predicted molar refractivity (Wildman–Crippen MR) is 83.9 cm³/mol. The topological polar surface area (TPSA) is 76.8 Å². The molecular weight excluding hydrogens is 318 g/mol. The maximum Gasteiger partial charge on any atom is 0.339 e. The first-order valence-corrected chi connectivity index (χ1v) is 8.73. The van der Waals surface area contributed by atoms with Crippen molar-refractivity contribution in [3.8, 4) is 5.75 Å². The Labute approximate surface area is 134 Å².